The van der Waals surface area contributed by atoms with Crippen LogP contribution in [0.15, 0.2) is 33.9 Å². The molecule has 0 saturated carbocycles. The molecule has 1 aliphatic rings. The highest BCUT2D eigenvalue weighted by molar-refractivity contribution is 5.98. The molecule has 0 bridgehead atoms. The number of rotatable bonds is 9. The fourth-order valence-electron chi connectivity index (χ4n) is 4.80. The van der Waals surface area contributed by atoms with Crippen LogP contribution < -0.4 is 31.9 Å². The lowest BCUT2D eigenvalue weighted by Gasteiger charge is -2.31. The fourth-order valence-corrected chi connectivity index (χ4v) is 4.80. The largest absolute Gasteiger partial charge is 0.483 e. The van der Waals surface area contributed by atoms with Crippen LogP contribution in [0.1, 0.15) is 44.0 Å². The SMILES string of the molecule is CC#CCn1c(N2CCCC(N)C2)nc2c1c(=O)n(CC(=O)c1ccccc1OCC(=O)NC(C)C)c(=O)n2C. The number of para-hydroxylation sites is 1. The molecule has 3 aromatic rings. The summed E-state index contributed by atoms with van der Waals surface area (Å²) in [5.41, 5.74) is 5.44. The van der Waals surface area contributed by atoms with E-state index in [0.717, 1.165) is 17.4 Å². The molecule has 40 heavy (non-hydrogen) atoms. The topological polar surface area (TPSA) is 146 Å². The van der Waals surface area contributed by atoms with E-state index in [-0.39, 0.29) is 53.6 Å². The number of carbonyl (C=O) groups excluding carboxylic acids is 2. The number of aryl methyl sites for hydroxylation is 1. The molecule has 0 aliphatic carbocycles. The summed E-state index contributed by atoms with van der Waals surface area (Å²) in [6.07, 6.45) is 1.77. The van der Waals surface area contributed by atoms with Crippen LogP contribution in [0.4, 0.5) is 5.95 Å². The van der Waals surface area contributed by atoms with Gasteiger partial charge in [0.25, 0.3) is 11.5 Å². The Morgan fingerprint density at radius 2 is 1.98 bits per heavy atom. The number of nitrogens with two attached hydrogens (primary N) is 1. The van der Waals surface area contributed by atoms with Crippen molar-refractivity contribution in [3.8, 4) is 17.6 Å². The predicted molar refractivity (Wildman–Crippen MR) is 152 cm³/mol. The minimum Gasteiger partial charge on any atom is -0.483 e. The van der Waals surface area contributed by atoms with Crippen LogP contribution in [-0.4, -0.2) is 62.2 Å². The van der Waals surface area contributed by atoms with E-state index in [9.17, 15) is 19.2 Å². The number of nitrogens with one attached hydrogen (secondary N) is 1. The number of aromatic nitrogens is 4. The molecule has 4 rings (SSSR count). The molecular formula is C28H35N7O5. The molecule has 3 N–H and O–H groups in total. The van der Waals surface area contributed by atoms with Crippen molar-refractivity contribution in [2.75, 3.05) is 24.6 Å². The molecule has 0 radical (unpaired) electrons. The average molecular weight is 550 g/mol. The summed E-state index contributed by atoms with van der Waals surface area (Å²) in [5, 5.41) is 2.72. The second-order valence-electron chi connectivity index (χ2n) is 10.1. The van der Waals surface area contributed by atoms with Crippen molar-refractivity contribution in [3.63, 3.8) is 0 Å². The molecule has 12 nitrogen and oxygen atoms in total. The van der Waals surface area contributed by atoms with E-state index >= 15 is 0 Å². The summed E-state index contributed by atoms with van der Waals surface area (Å²) in [4.78, 5) is 59.2. The third-order valence-corrected chi connectivity index (χ3v) is 6.66. The zero-order valence-corrected chi connectivity index (χ0v) is 23.3. The van der Waals surface area contributed by atoms with Crippen molar-refractivity contribution in [2.24, 2.45) is 12.8 Å². The standard InChI is InChI=1S/C28H35N7O5/c1-5-6-14-34-24-25(31-27(34)33-13-9-10-19(29)15-33)32(4)28(39)35(26(24)38)16-21(36)20-11-7-8-12-22(20)40-17-23(37)30-18(2)3/h7-8,11-12,18-19H,9-10,13-17,29H2,1-4H3,(H,30,37). The molecule has 212 valence electrons. The van der Waals surface area contributed by atoms with Crippen molar-refractivity contribution in [2.45, 2.75) is 58.8 Å². The van der Waals surface area contributed by atoms with Gasteiger partial charge in [-0.3, -0.25) is 28.1 Å². The molecule has 2 aromatic heterocycles. The number of fused-ring (bicyclic) bond motifs is 1. The molecule has 1 atom stereocenters. The Balaban J connectivity index is 1.73. The van der Waals surface area contributed by atoms with Gasteiger partial charge in [0.15, 0.2) is 23.6 Å². The quantitative estimate of drug-likeness (QED) is 0.292. The first kappa shape index (κ1) is 28.6. The monoisotopic (exact) mass is 549 g/mol. The molecule has 1 aliphatic heterocycles. The minimum absolute atomic E-state index is 0.0314. The number of Topliss-reactive ketones (excluding diaryl/α,β-unsaturated/α-hetero) is 1. The van der Waals surface area contributed by atoms with Crippen molar-refractivity contribution in [1.29, 1.82) is 0 Å². The van der Waals surface area contributed by atoms with Crippen molar-refractivity contribution in [1.82, 2.24) is 24.0 Å². The van der Waals surface area contributed by atoms with Crippen LogP contribution in [0, 0.1) is 11.8 Å². The van der Waals surface area contributed by atoms with Gasteiger partial charge in [0.05, 0.1) is 18.7 Å². The average Bonchev–Trinajstić information content (AvgIpc) is 3.31. The molecule has 1 unspecified atom stereocenters. The van der Waals surface area contributed by atoms with E-state index in [2.05, 4.69) is 22.1 Å². The number of anilines is 1. The molecule has 1 saturated heterocycles. The second-order valence-corrected chi connectivity index (χ2v) is 10.1. The first-order chi connectivity index (χ1) is 19.1. The lowest BCUT2D eigenvalue weighted by molar-refractivity contribution is -0.123. The lowest BCUT2D eigenvalue weighted by Crippen LogP contribution is -2.44. The Kier molecular flexibility index (Phi) is 8.74. The number of nitrogens with zero attached hydrogens (tertiary/aromatic N) is 5. The number of amides is 1. The number of carbonyl (C=O) groups is 2. The number of hydrogen-bond acceptors (Lipinski definition) is 8. The predicted octanol–water partition coefficient (Wildman–Crippen LogP) is 0.634. The first-order valence-electron chi connectivity index (χ1n) is 13.3. The van der Waals surface area contributed by atoms with E-state index in [4.69, 9.17) is 10.5 Å². The van der Waals surface area contributed by atoms with Gasteiger partial charge in [-0.25, -0.2) is 4.79 Å². The summed E-state index contributed by atoms with van der Waals surface area (Å²) in [6, 6.07) is 6.32. The van der Waals surface area contributed by atoms with Gasteiger partial charge >= 0.3 is 5.69 Å². The van der Waals surface area contributed by atoms with Crippen LogP contribution in [0.25, 0.3) is 11.2 Å². The third-order valence-electron chi connectivity index (χ3n) is 6.66. The normalized spacial score (nSPS) is 15.2. The summed E-state index contributed by atoms with van der Waals surface area (Å²) in [6.45, 7) is 6.02. The van der Waals surface area contributed by atoms with Gasteiger partial charge in [-0.1, -0.05) is 18.1 Å². The molecule has 12 heteroatoms. The smallest absolute Gasteiger partial charge is 0.332 e. The second kappa shape index (κ2) is 12.2. The zero-order valence-electron chi connectivity index (χ0n) is 23.3. The van der Waals surface area contributed by atoms with E-state index in [1.165, 1.54) is 17.7 Å². The van der Waals surface area contributed by atoms with Crippen LogP contribution in [0.5, 0.6) is 5.75 Å². The van der Waals surface area contributed by atoms with Crippen LogP contribution in [0.2, 0.25) is 0 Å². The van der Waals surface area contributed by atoms with E-state index < -0.39 is 23.6 Å². The molecule has 1 amide bonds. The summed E-state index contributed by atoms with van der Waals surface area (Å²) in [5.74, 6) is 5.69. The third kappa shape index (κ3) is 5.94. The molecule has 0 spiro atoms. The van der Waals surface area contributed by atoms with Gasteiger partial charge in [0, 0.05) is 32.2 Å². The maximum atomic E-state index is 13.8. The number of hydrogen-bond donors (Lipinski definition) is 2. The Morgan fingerprint density at radius 3 is 2.67 bits per heavy atom. The highest BCUT2D eigenvalue weighted by atomic mass is 16.5. The summed E-state index contributed by atoms with van der Waals surface area (Å²) in [7, 11) is 1.52. The van der Waals surface area contributed by atoms with Crippen molar-refractivity contribution < 1.29 is 14.3 Å². The maximum Gasteiger partial charge on any atom is 0.332 e. The van der Waals surface area contributed by atoms with Crippen molar-refractivity contribution >= 4 is 28.8 Å². The van der Waals surface area contributed by atoms with E-state index in [1.54, 1.807) is 29.7 Å². The summed E-state index contributed by atoms with van der Waals surface area (Å²) < 4.78 is 9.47. The van der Waals surface area contributed by atoms with E-state index in [0.29, 0.717) is 19.0 Å². The Labute approximate surface area is 231 Å². The first-order valence-corrected chi connectivity index (χ1v) is 13.3. The van der Waals surface area contributed by atoms with Gasteiger partial charge in [-0.2, -0.15) is 4.98 Å². The number of imidazole rings is 1. The van der Waals surface area contributed by atoms with E-state index in [1.807, 2.05) is 18.7 Å². The van der Waals surface area contributed by atoms with Gasteiger partial charge < -0.3 is 20.7 Å². The number of benzene rings is 1. The molecular weight excluding hydrogens is 514 g/mol. The number of ether oxygens (including phenoxy) is 1. The maximum absolute atomic E-state index is 13.8. The van der Waals surface area contributed by atoms with Crippen LogP contribution in [0.3, 0.4) is 0 Å². The minimum atomic E-state index is -0.673. The lowest BCUT2D eigenvalue weighted by atomic mass is 10.1. The Morgan fingerprint density at radius 1 is 1.23 bits per heavy atom. The van der Waals surface area contributed by atoms with Gasteiger partial charge in [0.1, 0.15) is 5.75 Å². The molecule has 1 aromatic carbocycles. The fraction of sp³-hybridized carbons (Fsp3) is 0.464. The number of piperidine rings is 1. The number of ketones is 1. The van der Waals surface area contributed by atoms with Gasteiger partial charge in [-0.15, -0.1) is 5.92 Å². The summed E-state index contributed by atoms with van der Waals surface area (Å²) >= 11 is 0. The highest BCUT2D eigenvalue weighted by Gasteiger charge is 2.27. The Hall–Kier alpha value is -4.37. The van der Waals surface area contributed by atoms with Gasteiger partial charge in [0.2, 0.25) is 5.95 Å². The molecule has 1 fully saturated rings. The Bertz CT molecular complexity index is 1610. The van der Waals surface area contributed by atoms with Crippen molar-refractivity contribution in [3.05, 3.63) is 50.7 Å². The van der Waals surface area contributed by atoms with Crippen LogP contribution in [-0.2, 0) is 24.9 Å². The van der Waals surface area contributed by atoms with Crippen LogP contribution >= 0.6 is 0 Å². The van der Waals surface area contributed by atoms with Gasteiger partial charge in [-0.05, 0) is 45.7 Å². The molecule has 3 heterocycles. The zero-order chi connectivity index (χ0) is 29.0. The highest BCUT2D eigenvalue weighted by Crippen LogP contribution is 2.23.